The molecule has 156 valence electrons. The second kappa shape index (κ2) is 7.67. The van der Waals surface area contributed by atoms with Crippen LogP contribution in [0.1, 0.15) is 6.42 Å². The fourth-order valence-corrected chi connectivity index (χ4v) is 5.58. The van der Waals surface area contributed by atoms with Crippen LogP contribution in [-0.2, 0) is 9.53 Å². The van der Waals surface area contributed by atoms with E-state index in [4.69, 9.17) is 14.2 Å². The molecular formula is C19H23N3O6S. The maximum absolute atomic E-state index is 13.1. The van der Waals surface area contributed by atoms with E-state index in [1.807, 2.05) is 18.2 Å². The first kappa shape index (κ1) is 19.0. The number of hydrogen-bond acceptors (Lipinski definition) is 9. The Labute approximate surface area is 172 Å². The van der Waals surface area contributed by atoms with Crippen molar-refractivity contribution in [1.82, 2.24) is 4.90 Å². The van der Waals surface area contributed by atoms with Gasteiger partial charge in [-0.1, -0.05) is 11.8 Å². The molecule has 4 aliphatic rings. The first-order valence-electron chi connectivity index (χ1n) is 9.74. The standard InChI is InChI=1S/C19H23N3O6S/c23-12-8-11(18(25)22-3-5-26-6-4-22)17-15(16(12)24)21-19(29-17)20-10-1-2-13-14(7-10)28-9-27-13/h1-2,7,11-12,15-17,23-24H,3-6,8-9H2,(H,20,21)/t11-,12+,15+,16-,17+/m0/s1. The molecule has 9 nitrogen and oxygen atoms in total. The van der Waals surface area contributed by atoms with Crippen LogP contribution < -0.4 is 14.8 Å². The fourth-order valence-electron chi connectivity index (χ4n) is 4.21. The summed E-state index contributed by atoms with van der Waals surface area (Å²) < 4.78 is 16.1. The van der Waals surface area contributed by atoms with Crippen molar-refractivity contribution in [2.45, 2.75) is 29.9 Å². The molecule has 1 aromatic carbocycles. The largest absolute Gasteiger partial charge is 0.454 e. The van der Waals surface area contributed by atoms with Crippen LogP contribution >= 0.6 is 11.8 Å². The number of anilines is 1. The maximum atomic E-state index is 13.1. The number of nitrogens with zero attached hydrogens (tertiary/aromatic N) is 2. The summed E-state index contributed by atoms with van der Waals surface area (Å²) in [4.78, 5) is 19.5. The second-order valence-electron chi connectivity index (χ2n) is 7.54. The first-order valence-corrected chi connectivity index (χ1v) is 10.6. The predicted octanol–water partition coefficient (Wildman–Crippen LogP) is 0.268. The van der Waals surface area contributed by atoms with Crippen molar-refractivity contribution in [3.8, 4) is 11.5 Å². The van der Waals surface area contributed by atoms with Gasteiger partial charge in [-0.3, -0.25) is 9.79 Å². The summed E-state index contributed by atoms with van der Waals surface area (Å²) in [6.45, 7) is 2.36. The Morgan fingerprint density at radius 1 is 1.21 bits per heavy atom. The number of hydrogen-bond donors (Lipinski definition) is 3. The highest BCUT2D eigenvalue weighted by Gasteiger charge is 2.51. The molecule has 5 rings (SSSR count). The van der Waals surface area contributed by atoms with Gasteiger partial charge in [0, 0.05) is 30.1 Å². The highest BCUT2D eigenvalue weighted by Crippen LogP contribution is 2.42. The van der Waals surface area contributed by atoms with Crippen molar-refractivity contribution in [3.63, 3.8) is 0 Å². The Kier molecular flexibility index (Phi) is 5.02. The number of thioether (sulfide) groups is 1. The average molecular weight is 421 g/mol. The van der Waals surface area contributed by atoms with Crippen LogP contribution in [0.5, 0.6) is 11.5 Å². The SMILES string of the molecule is O=C([C@H]1C[C@@H](O)[C@H](O)[C@H]2N=C(Nc3ccc4c(c3)OCO4)S[C@@H]21)N1CCOCC1. The van der Waals surface area contributed by atoms with Gasteiger partial charge in [-0.15, -0.1) is 0 Å². The van der Waals surface area contributed by atoms with Gasteiger partial charge < -0.3 is 34.6 Å². The molecule has 1 saturated carbocycles. The quantitative estimate of drug-likeness (QED) is 0.624. The van der Waals surface area contributed by atoms with Crippen molar-refractivity contribution < 1.29 is 29.2 Å². The summed E-state index contributed by atoms with van der Waals surface area (Å²) in [5, 5.41) is 24.5. The topological polar surface area (TPSA) is 113 Å². The molecule has 1 aromatic rings. The molecule has 0 unspecified atom stereocenters. The lowest BCUT2D eigenvalue weighted by Gasteiger charge is -2.40. The van der Waals surface area contributed by atoms with Gasteiger partial charge in [0.25, 0.3) is 0 Å². The van der Waals surface area contributed by atoms with E-state index < -0.39 is 24.2 Å². The molecule has 3 aliphatic heterocycles. The molecule has 29 heavy (non-hydrogen) atoms. The Morgan fingerprint density at radius 3 is 2.83 bits per heavy atom. The highest BCUT2D eigenvalue weighted by atomic mass is 32.2. The van der Waals surface area contributed by atoms with Gasteiger partial charge in [0.15, 0.2) is 16.7 Å². The summed E-state index contributed by atoms with van der Waals surface area (Å²) in [6.07, 6.45) is -1.73. The number of nitrogens with one attached hydrogen (secondary N) is 1. The summed E-state index contributed by atoms with van der Waals surface area (Å²) in [5.41, 5.74) is 0.783. The molecular weight excluding hydrogens is 398 g/mol. The van der Waals surface area contributed by atoms with Gasteiger partial charge in [0.2, 0.25) is 12.7 Å². The van der Waals surface area contributed by atoms with Gasteiger partial charge in [0.1, 0.15) is 6.10 Å². The molecule has 0 spiro atoms. The maximum Gasteiger partial charge on any atom is 0.231 e. The summed E-state index contributed by atoms with van der Waals surface area (Å²) in [7, 11) is 0. The fraction of sp³-hybridized carbons (Fsp3) is 0.579. The highest BCUT2D eigenvalue weighted by molar-refractivity contribution is 8.15. The minimum atomic E-state index is -0.989. The van der Waals surface area contributed by atoms with E-state index >= 15 is 0 Å². The average Bonchev–Trinajstić information content (AvgIpc) is 3.37. The van der Waals surface area contributed by atoms with E-state index in [9.17, 15) is 15.0 Å². The zero-order chi connectivity index (χ0) is 20.0. The number of rotatable bonds is 2. The smallest absolute Gasteiger partial charge is 0.231 e. The third kappa shape index (κ3) is 3.54. The molecule has 1 amide bonds. The van der Waals surface area contributed by atoms with E-state index in [1.54, 1.807) is 4.90 Å². The molecule has 5 atom stereocenters. The number of aliphatic imine (C=N–C) groups is 1. The second-order valence-corrected chi connectivity index (χ2v) is 8.70. The predicted molar refractivity (Wildman–Crippen MR) is 106 cm³/mol. The van der Waals surface area contributed by atoms with Crippen LogP contribution in [0.2, 0.25) is 0 Å². The molecule has 0 aromatic heterocycles. The zero-order valence-electron chi connectivity index (χ0n) is 15.7. The molecule has 3 N–H and O–H groups in total. The summed E-state index contributed by atoms with van der Waals surface area (Å²) in [6, 6.07) is 4.98. The number of ether oxygens (including phenoxy) is 3. The normalized spacial score (nSPS) is 33.2. The number of carbonyl (C=O) groups is 1. The van der Waals surface area contributed by atoms with E-state index in [-0.39, 0.29) is 24.4 Å². The minimum absolute atomic E-state index is 0.00118. The number of benzene rings is 1. The number of amides is 1. The summed E-state index contributed by atoms with van der Waals surface area (Å²) >= 11 is 1.45. The third-order valence-electron chi connectivity index (χ3n) is 5.75. The molecule has 0 radical (unpaired) electrons. The number of fused-ring (bicyclic) bond motifs is 2. The summed E-state index contributed by atoms with van der Waals surface area (Å²) in [5.74, 6) is 0.953. The molecule has 1 aliphatic carbocycles. The van der Waals surface area contributed by atoms with Gasteiger partial charge in [-0.05, 0) is 18.6 Å². The van der Waals surface area contributed by atoms with Crippen molar-refractivity contribution in [2.75, 3.05) is 38.4 Å². The monoisotopic (exact) mass is 421 g/mol. The van der Waals surface area contributed by atoms with Crippen LogP contribution in [0, 0.1) is 5.92 Å². The molecule has 10 heteroatoms. The number of carbonyl (C=O) groups excluding carboxylic acids is 1. The lowest BCUT2D eigenvalue weighted by Crippen LogP contribution is -2.55. The lowest BCUT2D eigenvalue weighted by molar-refractivity contribution is -0.144. The van der Waals surface area contributed by atoms with Gasteiger partial charge >= 0.3 is 0 Å². The van der Waals surface area contributed by atoms with Crippen molar-refractivity contribution in [3.05, 3.63) is 18.2 Å². The number of aliphatic hydroxyl groups is 2. The molecule has 2 fully saturated rings. The van der Waals surface area contributed by atoms with Crippen molar-refractivity contribution in [1.29, 1.82) is 0 Å². The van der Waals surface area contributed by atoms with E-state index in [2.05, 4.69) is 10.3 Å². The number of amidine groups is 1. The molecule has 3 heterocycles. The van der Waals surface area contributed by atoms with Gasteiger partial charge in [0.05, 0.1) is 31.3 Å². The minimum Gasteiger partial charge on any atom is -0.454 e. The van der Waals surface area contributed by atoms with E-state index in [1.165, 1.54) is 11.8 Å². The Hall–Kier alpha value is -2.01. The van der Waals surface area contributed by atoms with Crippen LogP contribution in [0.3, 0.4) is 0 Å². The number of aliphatic hydroxyl groups excluding tert-OH is 2. The molecule has 0 bridgehead atoms. The van der Waals surface area contributed by atoms with Gasteiger partial charge in [-0.25, -0.2) is 0 Å². The van der Waals surface area contributed by atoms with E-state index in [0.29, 0.717) is 43.0 Å². The lowest BCUT2D eigenvalue weighted by atomic mass is 9.80. The number of morpholine rings is 1. The third-order valence-corrected chi connectivity index (χ3v) is 7.06. The van der Waals surface area contributed by atoms with Gasteiger partial charge in [-0.2, -0.15) is 0 Å². The zero-order valence-corrected chi connectivity index (χ0v) is 16.5. The van der Waals surface area contributed by atoms with Crippen LogP contribution in [0.4, 0.5) is 5.69 Å². The van der Waals surface area contributed by atoms with Crippen molar-refractivity contribution in [2.24, 2.45) is 10.9 Å². The Bertz CT molecular complexity index is 830. The van der Waals surface area contributed by atoms with Crippen LogP contribution in [0.25, 0.3) is 0 Å². The first-order chi connectivity index (χ1) is 14.1. The van der Waals surface area contributed by atoms with Crippen LogP contribution in [0.15, 0.2) is 23.2 Å². The van der Waals surface area contributed by atoms with Crippen LogP contribution in [-0.4, -0.2) is 82.8 Å². The Morgan fingerprint density at radius 2 is 2.00 bits per heavy atom. The van der Waals surface area contributed by atoms with Crippen molar-refractivity contribution >= 4 is 28.5 Å². The Balaban J connectivity index is 1.33. The molecule has 1 saturated heterocycles. The van der Waals surface area contributed by atoms with E-state index in [0.717, 1.165) is 5.69 Å².